The van der Waals surface area contributed by atoms with E-state index in [1.54, 1.807) is 12.1 Å². The highest BCUT2D eigenvalue weighted by atomic mass is 35.5. The molecule has 0 saturated carbocycles. The summed E-state index contributed by atoms with van der Waals surface area (Å²) in [7, 11) is 0. The van der Waals surface area contributed by atoms with Gasteiger partial charge in [-0.2, -0.15) is 0 Å². The van der Waals surface area contributed by atoms with Crippen LogP contribution in [0.3, 0.4) is 0 Å². The van der Waals surface area contributed by atoms with Gasteiger partial charge < -0.3 is 16.2 Å². The quantitative estimate of drug-likeness (QED) is 0.630. The molecule has 1 amide bonds. The maximum absolute atomic E-state index is 11.4. The van der Waals surface area contributed by atoms with Gasteiger partial charge in [-0.1, -0.05) is 12.1 Å². The van der Waals surface area contributed by atoms with Gasteiger partial charge in [0.15, 0.2) is 5.13 Å². The van der Waals surface area contributed by atoms with Gasteiger partial charge in [0.1, 0.15) is 5.75 Å². The number of carbonyl (C=O) groups is 1. The summed E-state index contributed by atoms with van der Waals surface area (Å²) in [5.41, 5.74) is 10.1. The fourth-order valence-electron chi connectivity index (χ4n) is 2.34. The van der Waals surface area contributed by atoms with Crippen molar-refractivity contribution in [3.05, 3.63) is 58.5 Å². The molecule has 0 spiro atoms. The first kappa shape index (κ1) is 18.8. The van der Waals surface area contributed by atoms with Crippen molar-refractivity contribution in [1.82, 2.24) is 4.98 Å². The van der Waals surface area contributed by atoms with E-state index in [2.05, 4.69) is 28.5 Å². The van der Waals surface area contributed by atoms with Crippen molar-refractivity contribution < 1.29 is 9.90 Å². The Morgan fingerprint density at radius 2 is 1.96 bits per heavy atom. The predicted octanol–water partition coefficient (Wildman–Crippen LogP) is 4.40. The first-order valence-corrected chi connectivity index (χ1v) is 8.25. The Morgan fingerprint density at radius 1 is 1.20 bits per heavy atom. The molecule has 2 aromatic carbocycles. The van der Waals surface area contributed by atoms with Crippen LogP contribution in [0.1, 0.15) is 21.5 Å². The molecule has 0 unspecified atom stereocenters. The molecule has 7 heteroatoms. The largest absolute Gasteiger partial charge is 0.507 e. The van der Waals surface area contributed by atoms with Crippen LogP contribution in [-0.2, 0) is 0 Å². The van der Waals surface area contributed by atoms with E-state index in [0.717, 1.165) is 27.6 Å². The van der Waals surface area contributed by atoms with E-state index in [-0.39, 0.29) is 23.7 Å². The number of aryl methyl sites for hydroxylation is 2. The minimum atomic E-state index is -0.668. The van der Waals surface area contributed by atoms with Crippen LogP contribution in [0.15, 0.2) is 41.8 Å². The van der Waals surface area contributed by atoms with E-state index in [9.17, 15) is 9.90 Å². The lowest BCUT2D eigenvalue weighted by Crippen LogP contribution is -2.11. The summed E-state index contributed by atoms with van der Waals surface area (Å²) >= 11 is 1.47. The summed E-state index contributed by atoms with van der Waals surface area (Å²) < 4.78 is 0. The number of nitrogens with zero attached hydrogens (tertiary/aromatic N) is 1. The lowest BCUT2D eigenvalue weighted by Gasteiger charge is -2.07. The Kier molecular flexibility index (Phi) is 5.66. The minimum Gasteiger partial charge on any atom is -0.507 e. The number of halogens is 1. The van der Waals surface area contributed by atoms with Crippen molar-refractivity contribution in [2.75, 3.05) is 5.32 Å². The molecular formula is C18H18ClN3O2S. The third-order valence-electron chi connectivity index (χ3n) is 3.70. The van der Waals surface area contributed by atoms with E-state index in [0.29, 0.717) is 0 Å². The molecule has 1 aromatic heterocycles. The second kappa shape index (κ2) is 7.55. The second-order valence-corrected chi connectivity index (χ2v) is 6.44. The molecule has 3 aromatic rings. The van der Waals surface area contributed by atoms with E-state index >= 15 is 0 Å². The van der Waals surface area contributed by atoms with Gasteiger partial charge in [0.05, 0.1) is 11.3 Å². The zero-order chi connectivity index (χ0) is 17.3. The molecular weight excluding hydrogens is 358 g/mol. The molecule has 0 atom stereocenters. The summed E-state index contributed by atoms with van der Waals surface area (Å²) in [5, 5.41) is 15.6. The van der Waals surface area contributed by atoms with Crippen molar-refractivity contribution in [2.24, 2.45) is 5.73 Å². The number of aromatic hydroxyl groups is 1. The molecule has 130 valence electrons. The van der Waals surface area contributed by atoms with Crippen LogP contribution in [0.5, 0.6) is 5.75 Å². The van der Waals surface area contributed by atoms with E-state index in [1.165, 1.54) is 23.0 Å². The smallest absolute Gasteiger partial charge is 0.252 e. The third-order valence-corrected chi connectivity index (χ3v) is 4.45. The Bertz CT molecular complexity index is 924. The predicted molar refractivity (Wildman–Crippen MR) is 104 cm³/mol. The van der Waals surface area contributed by atoms with Gasteiger partial charge in [0.2, 0.25) is 0 Å². The van der Waals surface area contributed by atoms with Gasteiger partial charge in [0.25, 0.3) is 5.91 Å². The van der Waals surface area contributed by atoms with Gasteiger partial charge in [-0.25, -0.2) is 4.98 Å². The maximum atomic E-state index is 11.4. The number of hydrogen-bond donors (Lipinski definition) is 3. The van der Waals surface area contributed by atoms with Crippen LogP contribution in [0.4, 0.5) is 10.8 Å². The Balaban J connectivity index is 0.00000225. The molecule has 0 bridgehead atoms. The van der Waals surface area contributed by atoms with Crippen LogP contribution >= 0.6 is 23.7 Å². The molecule has 0 saturated heterocycles. The Morgan fingerprint density at radius 3 is 2.68 bits per heavy atom. The molecule has 1 heterocycles. The molecule has 4 N–H and O–H groups in total. The average Bonchev–Trinajstić information content (AvgIpc) is 2.99. The topological polar surface area (TPSA) is 88.2 Å². The molecule has 3 rings (SSSR count). The Labute approximate surface area is 155 Å². The van der Waals surface area contributed by atoms with Crippen LogP contribution in [0.2, 0.25) is 0 Å². The molecule has 0 aliphatic rings. The van der Waals surface area contributed by atoms with Crippen LogP contribution in [-0.4, -0.2) is 16.0 Å². The van der Waals surface area contributed by atoms with Gasteiger partial charge in [-0.15, -0.1) is 23.7 Å². The molecule has 0 radical (unpaired) electrons. The van der Waals surface area contributed by atoms with Crippen LogP contribution in [0, 0.1) is 13.8 Å². The van der Waals surface area contributed by atoms with Gasteiger partial charge in [-0.3, -0.25) is 4.79 Å². The number of thiazole rings is 1. The number of benzene rings is 2. The molecule has 0 aliphatic carbocycles. The minimum absolute atomic E-state index is 0. The molecule has 0 fully saturated rings. The van der Waals surface area contributed by atoms with Crippen molar-refractivity contribution >= 4 is 40.5 Å². The summed E-state index contributed by atoms with van der Waals surface area (Å²) in [4.78, 5) is 15.9. The van der Waals surface area contributed by atoms with Gasteiger partial charge in [0, 0.05) is 16.6 Å². The third kappa shape index (κ3) is 4.10. The zero-order valence-corrected chi connectivity index (χ0v) is 15.4. The van der Waals surface area contributed by atoms with E-state index in [1.807, 2.05) is 19.2 Å². The molecule has 25 heavy (non-hydrogen) atoms. The average molecular weight is 376 g/mol. The number of carbonyl (C=O) groups excluding carboxylic acids is 1. The van der Waals surface area contributed by atoms with Crippen LogP contribution in [0.25, 0.3) is 11.3 Å². The number of aromatic nitrogens is 1. The fourth-order valence-corrected chi connectivity index (χ4v) is 3.07. The lowest BCUT2D eigenvalue weighted by molar-refractivity contribution is 0.0998. The lowest BCUT2D eigenvalue weighted by atomic mass is 10.1. The van der Waals surface area contributed by atoms with Gasteiger partial charge >= 0.3 is 0 Å². The highest BCUT2D eigenvalue weighted by molar-refractivity contribution is 7.14. The number of nitrogens with two attached hydrogens (primary N) is 1. The highest BCUT2D eigenvalue weighted by Gasteiger charge is 2.12. The first-order chi connectivity index (χ1) is 11.4. The second-order valence-electron chi connectivity index (χ2n) is 5.58. The number of primary amides is 1. The molecule has 0 aliphatic heterocycles. The summed E-state index contributed by atoms with van der Waals surface area (Å²) in [6, 6.07) is 10.9. The van der Waals surface area contributed by atoms with Crippen LogP contribution < -0.4 is 11.1 Å². The number of hydrogen-bond acceptors (Lipinski definition) is 5. The SMILES string of the molecule is Cc1ccc(C)c(Nc2nc(-c3ccc(O)c(C(N)=O)c3)cs2)c1.Cl. The number of phenols is 1. The summed E-state index contributed by atoms with van der Waals surface area (Å²) in [6.07, 6.45) is 0. The van der Waals surface area contributed by atoms with Crippen molar-refractivity contribution in [3.63, 3.8) is 0 Å². The zero-order valence-electron chi connectivity index (χ0n) is 13.7. The summed E-state index contributed by atoms with van der Waals surface area (Å²) in [5.74, 6) is -0.798. The number of rotatable bonds is 4. The number of nitrogens with one attached hydrogen (secondary N) is 1. The Hall–Kier alpha value is -2.57. The fraction of sp³-hybridized carbons (Fsp3) is 0.111. The normalized spacial score (nSPS) is 10.2. The monoisotopic (exact) mass is 375 g/mol. The van der Waals surface area contributed by atoms with Gasteiger partial charge in [-0.05, 0) is 49.2 Å². The van der Waals surface area contributed by atoms with E-state index < -0.39 is 5.91 Å². The number of amides is 1. The van der Waals surface area contributed by atoms with Crippen molar-refractivity contribution in [3.8, 4) is 17.0 Å². The molecule has 5 nitrogen and oxygen atoms in total. The summed E-state index contributed by atoms with van der Waals surface area (Å²) in [6.45, 7) is 4.08. The highest BCUT2D eigenvalue weighted by Crippen LogP contribution is 2.30. The van der Waals surface area contributed by atoms with Crippen molar-refractivity contribution in [1.29, 1.82) is 0 Å². The van der Waals surface area contributed by atoms with Crippen molar-refractivity contribution in [2.45, 2.75) is 13.8 Å². The maximum Gasteiger partial charge on any atom is 0.252 e. The standard InChI is InChI=1S/C18H17N3O2S.ClH/c1-10-3-4-11(2)14(7-10)20-18-21-15(9-24-18)12-5-6-16(22)13(8-12)17(19)23;/h3-9,22H,1-2H3,(H2,19,23)(H,20,21);1H. The van der Waals surface area contributed by atoms with E-state index in [4.69, 9.17) is 5.73 Å². The number of anilines is 2. The first-order valence-electron chi connectivity index (χ1n) is 7.37.